The van der Waals surface area contributed by atoms with Gasteiger partial charge in [-0.2, -0.15) is 16.8 Å². The SMILES string of the molecule is C=CS(=O)(=O)O.CC(=CCCS(=O)(=O)O)C(=O)O. The summed E-state index contributed by atoms with van der Waals surface area (Å²) < 4.78 is 55.1. The topological polar surface area (TPSA) is 146 Å². The van der Waals surface area contributed by atoms with Gasteiger partial charge in [-0.1, -0.05) is 12.7 Å². The molecule has 0 heterocycles. The molecule has 0 aliphatic carbocycles. The van der Waals surface area contributed by atoms with Gasteiger partial charge in [-0.05, 0) is 13.3 Å². The fourth-order valence-electron chi connectivity index (χ4n) is 0.512. The van der Waals surface area contributed by atoms with E-state index in [4.69, 9.17) is 14.2 Å². The third-order valence-corrected chi connectivity index (χ3v) is 2.55. The molecule has 0 radical (unpaired) electrons. The van der Waals surface area contributed by atoms with E-state index in [0.29, 0.717) is 5.41 Å². The highest BCUT2D eigenvalue weighted by Gasteiger charge is 2.03. The van der Waals surface area contributed by atoms with Crippen LogP contribution < -0.4 is 0 Å². The predicted molar refractivity (Wildman–Crippen MR) is 64.2 cm³/mol. The quantitative estimate of drug-likeness (QED) is 0.486. The molecule has 18 heavy (non-hydrogen) atoms. The number of carboxylic acid groups (broad SMARTS) is 1. The molecule has 0 fully saturated rings. The van der Waals surface area contributed by atoms with Crippen molar-refractivity contribution in [2.45, 2.75) is 13.3 Å². The first-order valence-electron chi connectivity index (χ1n) is 4.34. The fourth-order valence-corrected chi connectivity index (χ4v) is 0.927. The Bertz CT molecular complexity index is 500. The van der Waals surface area contributed by atoms with Crippen molar-refractivity contribution in [2.24, 2.45) is 0 Å². The summed E-state index contributed by atoms with van der Waals surface area (Å²) >= 11 is 0. The standard InChI is InChI=1S/C6H10O5S.C2H4O3S/c1-5(6(7)8)3-2-4-12(9,10)11;1-2-6(3,4)5/h3H,2,4H2,1H3,(H,7,8)(H,9,10,11);2H,1H2,(H,3,4,5). The first-order chi connectivity index (χ1) is 7.89. The fraction of sp³-hybridized carbons (Fsp3) is 0.375. The lowest BCUT2D eigenvalue weighted by Crippen LogP contribution is -2.03. The third-order valence-electron chi connectivity index (χ3n) is 1.37. The maximum Gasteiger partial charge on any atom is 0.330 e. The molecule has 3 N–H and O–H groups in total. The lowest BCUT2D eigenvalue weighted by molar-refractivity contribution is -0.132. The predicted octanol–water partition coefficient (Wildman–Crippen LogP) is 0.313. The molecule has 0 aliphatic heterocycles. The van der Waals surface area contributed by atoms with E-state index in [1.807, 2.05) is 0 Å². The van der Waals surface area contributed by atoms with Gasteiger partial charge < -0.3 is 5.11 Å². The number of carbonyl (C=O) groups is 1. The highest BCUT2D eigenvalue weighted by Crippen LogP contribution is 1.97. The Kier molecular flexibility index (Phi) is 8.47. The highest BCUT2D eigenvalue weighted by atomic mass is 32.2. The first-order valence-corrected chi connectivity index (χ1v) is 7.45. The van der Waals surface area contributed by atoms with Crippen LogP contribution in [0.5, 0.6) is 0 Å². The van der Waals surface area contributed by atoms with Crippen LogP contribution in [0.4, 0.5) is 0 Å². The van der Waals surface area contributed by atoms with Crippen LogP contribution in [0.2, 0.25) is 0 Å². The molecule has 0 spiro atoms. The minimum atomic E-state index is -3.98. The monoisotopic (exact) mass is 302 g/mol. The lowest BCUT2D eigenvalue weighted by Gasteiger charge is -1.93. The van der Waals surface area contributed by atoms with E-state index in [1.54, 1.807) is 0 Å². The van der Waals surface area contributed by atoms with Crippen LogP contribution in [0, 0.1) is 0 Å². The van der Waals surface area contributed by atoms with Crippen molar-refractivity contribution < 1.29 is 35.8 Å². The van der Waals surface area contributed by atoms with Crippen molar-refractivity contribution in [3.63, 3.8) is 0 Å². The van der Waals surface area contributed by atoms with Crippen molar-refractivity contribution in [3.8, 4) is 0 Å². The number of aliphatic carboxylic acids is 1. The van der Waals surface area contributed by atoms with Crippen LogP contribution in [0.25, 0.3) is 0 Å². The Labute approximate surface area is 105 Å². The lowest BCUT2D eigenvalue weighted by atomic mass is 10.2. The number of rotatable bonds is 5. The van der Waals surface area contributed by atoms with Crippen molar-refractivity contribution in [3.05, 3.63) is 23.6 Å². The zero-order valence-electron chi connectivity index (χ0n) is 9.48. The van der Waals surface area contributed by atoms with Gasteiger partial charge in [0.15, 0.2) is 0 Å². The highest BCUT2D eigenvalue weighted by molar-refractivity contribution is 7.88. The van der Waals surface area contributed by atoms with Gasteiger partial charge in [0, 0.05) is 5.57 Å². The summed E-state index contributed by atoms with van der Waals surface area (Å²) in [6.07, 6.45) is 1.26. The maximum absolute atomic E-state index is 10.2. The number of hydrogen-bond acceptors (Lipinski definition) is 5. The van der Waals surface area contributed by atoms with Crippen molar-refractivity contribution >= 4 is 26.2 Å². The summed E-state index contributed by atoms with van der Waals surface area (Å²) in [5.41, 5.74) is 0.0682. The van der Waals surface area contributed by atoms with Gasteiger partial charge in [0.25, 0.3) is 20.2 Å². The Morgan fingerprint density at radius 3 is 1.83 bits per heavy atom. The minimum absolute atomic E-state index is 0.0109. The maximum atomic E-state index is 10.2. The zero-order chi connectivity index (χ0) is 15.0. The van der Waals surface area contributed by atoms with Gasteiger partial charge in [-0.15, -0.1) is 0 Å². The summed E-state index contributed by atoms with van der Waals surface area (Å²) in [6, 6.07) is 0. The Balaban J connectivity index is 0. The molecule has 0 aromatic heterocycles. The molecule has 0 bridgehead atoms. The molecule has 106 valence electrons. The molecular weight excluding hydrogens is 288 g/mol. The molecule has 0 rings (SSSR count). The molecule has 0 atom stereocenters. The van der Waals surface area contributed by atoms with E-state index in [-0.39, 0.29) is 12.0 Å². The van der Waals surface area contributed by atoms with Crippen molar-refractivity contribution in [2.75, 3.05) is 5.75 Å². The molecule has 0 aromatic rings. The van der Waals surface area contributed by atoms with Gasteiger partial charge in [0.05, 0.1) is 11.2 Å². The Morgan fingerprint density at radius 2 is 1.61 bits per heavy atom. The summed E-state index contributed by atoms with van der Waals surface area (Å²) in [5.74, 6) is -1.54. The molecule has 0 saturated heterocycles. The second-order valence-electron chi connectivity index (χ2n) is 2.95. The molecule has 8 nitrogen and oxygen atoms in total. The minimum Gasteiger partial charge on any atom is -0.478 e. The molecule has 0 aromatic carbocycles. The van der Waals surface area contributed by atoms with E-state index >= 15 is 0 Å². The van der Waals surface area contributed by atoms with Crippen LogP contribution in [0.3, 0.4) is 0 Å². The molecule has 0 amide bonds. The van der Waals surface area contributed by atoms with Gasteiger partial charge in [-0.3, -0.25) is 9.11 Å². The van der Waals surface area contributed by atoms with E-state index in [9.17, 15) is 21.6 Å². The summed E-state index contributed by atoms with van der Waals surface area (Å²) in [6.45, 7) is 4.15. The van der Waals surface area contributed by atoms with Crippen molar-refractivity contribution in [1.82, 2.24) is 0 Å². The number of allylic oxidation sites excluding steroid dienone is 1. The van der Waals surface area contributed by atoms with Crippen LogP contribution in [-0.4, -0.2) is 42.8 Å². The molecule has 0 saturated carbocycles. The van der Waals surface area contributed by atoms with Gasteiger partial charge in [0.2, 0.25) is 0 Å². The van der Waals surface area contributed by atoms with Crippen molar-refractivity contribution in [1.29, 1.82) is 0 Å². The normalized spacial score (nSPS) is 12.3. The average molecular weight is 302 g/mol. The van der Waals surface area contributed by atoms with Gasteiger partial charge >= 0.3 is 5.97 Å². The van der Waals surface area contributed by atoms with Gasteiger partial charge in [0.1, 0.15) is 0 Å². The summed E-state index contributed by atoms with van der Waals surface area (Å²) in [4.78, 5) is 10.2. The Hall–Kier alpha value is -1.23. The zero-order valence-corrected chi connectivity index (χ0v) is 11.1. The largest absolute Gasteiger partial charge is 0.478 e. The number of hydrogen-bond donors (Lipinski definition) is 3. The first kappa shape index (κ1) is 19.1. The second-order valence-corrected chi connectivity index (χ2v) is 5.88. The summed E-state index contributed by atoms with van der Waals surface area (Å²) in [7, 11) is -7.88. The number of carboxylic acids is 1. The molecule has 0 aliphatic rings. The van der Waals surface area contributed by atoms with E-state index in [2.05, 4.69) is 6.58 Å². The molecule has 0 unspecified atom stereocenters. The van der Waals surface area contributed by atoms with E-state index < -0.39 is 32.0 Å². The van der Waals surface area contributed by atoms with Gasteiger partial charge in [-0.25, -0.2) is 4.79 Å². The van der Waals surface area contributed by atoms with Crippen LogP contribution >= 0.6 is 0 Å². The van der Waals surface area contributed by atoms with Crippen LogP contribution in [-0.2, 0) is 25.0 Å². The molecule has 10 heteroatoms. The van der Waals surface area contributed by atoms with Crippen LogP contribution in [0.15, 0.2) is 23.6 Å². The summed E-state index contributed by atoms with van der Waals surface area (Å²) in [5, 5.41) is 8.80. The second kappa shape index (κ2) is 7.97. The van der Waals surface area contributed by atoms with E-state index in [1.165, 1.54) is 13.0 Å². The van der Waals surface area contributed by atoms with E-state index in [0.717, 1.165) is 0 Å². The third kappa shape index (κ3) is 17.2. The average Bonchev–Trinajstić information content (AvgIpc) is 2.15. The smallest absolute Gasteiger partial charge is 0.330 e. The van der Waals surface area contributed by atoms with Crippen LogP contribution in [0.1, 0.15) is 13.3 Å². The Morgan fingerprint density at radius 1 is 1.22 bits per heavy atom. The molecular formula is C8H14O8S2.